The molecule has 0 aliphatic heterocycles. The number of unbranched alkanes of at least 4 members (excludes halogenated alkanes) is 11. The van der Waals surface area contributed by atoms with Crippen molar-refractivity contribution in [3.63, 3.8) is 0 Å². The van der Waals surface area contributed by atoms with Crippen molar-refractivity contribution in [2.45, 2.75) is 95.7 Å². The molecule has 1 heterocycles. The molecule has 0 fully saturated rings. The van der Waals surface area contributed by atoms with Crippen LogP contribution >= 0.6 is 0 Å². The summed E-state index contributed by atoms with van der Waals surface area (Å²) in [6, 6.07) is 7.29. The molecule has 0 aliphatic carbocycles. The smallest absolute Gasteiger partial charge is 0.313 e. The van der Waals surface area contributed by atoms with Crippen LogP contribution in [0.15, 0.2) is 29.4 Å². The summed E-state index contributed by atoms with van der Waals surface area (Å²) in [6.45, 7) is 2.81. The van der Waals surface area contributed by atoms with E-state index >= 15 is 0 Å². The molecular weight excluding hydrogens is 360 g/mol. The van der Waals surface area contributed by atoms with Gasteiger partial charge in [-0.05, 0) is 18.6 Å². The van der Waals surface area contributed by atoms with Crippen molar-refractivity contribution in [3.8, 4) is 0 Å². The molecule has 0 unspecified atom stereocenters. The number of fused-ring (bicyclic) bond motifs is 1. The predicted molar refractivity (Wildman–Crippen MR) is 111 cm³/mol. The largest absolute Gasteiger partial charge is 0.328 e. The number of benzene rings is 1. The van der Waals surface area contributed by atoms with Crippen LogP contribution in [0.25, 0.3) is 11.0 Å². The Morgan fingerprint density at radius 2 is 1.37 bits per heavy atom. The number of hydrogen-bond donors (Lipinski definition) is 1. The maximum Gasteiger partial charge on any atom is 0.328 e. The molecule has 0 amide bonds. The van der Waals surface area contributed by atoms with Crippen molar-refractivity contribution in [2.75, 3.05) is 0 Å². The molecule has 0 saturated carbocycles. The molecule has 0 bridgehead atoms. The summed E-state index contributed by atoms with van der Waals surface area (Å²) >= 11 is 0. The third kappa shape index (κ3) is 7.26. The van der Waals surface area contributed by atoms with Crippen LogP contribution < -0.4 is 0 Å². The van der Waals surface area contributed by atoms with Crippen molar-refractivity contribution in [1.29, 1.82) is 0 Å². The van der Waals surface area contributed by atoms with E-state index in [1.165, 1.54) is 64.2 Å². The van der Waals surface area contributed by atoms with Gasteiger partial charge in [0.15, 0.2) is 0 Å². The number of imidazole rings is 1. The molecule has 0 spiro atoms. The van der Waals surface area contributed by atoms with E-state index in [0.29, 0.717) is 12.1 Å². The summed E-state index contributed by atoms with van der Waals surface area (Å²) in [5.41, 5.74) is 1.36. The number of hydrogen-bond acceptors (Lipinski definition) is 3. The second-order valence-corrected chi connectivity index (χ2v) is 8.71. The maximum absolute atomic E-state index is 11.6. The zero-order chi connectivity index (χ0) is 19.5. The zero-order valence-corrected chi connectivity index (χ0v) is 17.4. The Bertz CT molecular complexity index is 784. The lowest BCUT2D eigenvalue weighted by molar-refractivity contribution is 0.458. The predicted octanol–water partition coefficient (Wildman–Crippen LogP) is 5.98. The number of nitrogens with zero attached hydrogens (tertiary/aromatic N) is 2. The van der Waals surface area contributed by atoms with Crippen LogP contribution in [-0.2, 0) is 16.7 Å². The van der Waals surface area contributed by atoms with Crippen LogP contribution in [0.5, 0.6) is 0 Å². The first kappa shape index (κ1) is 21.9. The minimum Gasteiger partial charge on any atom is -0.313 e. The van der Waals surface area contributed by atoms with E-state index in [0.717, 1.165) is 18.4 Å². The molecular formula is C21H34N2O3S. The Kier molecular flexibility index (Phi) is 9.28. The monoisotopic (exact) mass is 394 g/mol. The van der Waals surface area contributed by atoms with Crippen molar-refractivity contribution >= 4 is 21.2 Å². The molecule has 152 valence electrons. The maximum atomic E-state index is 11.6. The summed E-state index contributed by atoms with van der Waals surface area (Å²) in [7, 11) is -4.31. The van der Waals surface area contributed by atoms with Gasteiger partial charge in [-0.15, -0.1) is 0 Å². The van der Waals surface area contributed by atoms with E-state index in [1.54, 1.807) is 10.6 Å². The van der Waals surface area contributed by atoms with Crippen LogP contribution in [0.3, 0.4) is 0 Å². The fourth-order valence-electron chi connectivity index (χ4n) is 3.58. The Labute approximate surface area is 163 Å². The van der Waals surface area contributed by atoms with Crippen molar-refractivity contribution < 1.29 is 13.0 Å². The first-order valence-corrected chi connectivity index (χ1v) is 11.9. The number of rotatable bonds is 14. The van der Waals surface area contributed by atoms with Gasteiger partial charge in [0.05, 0.1) is 11.0 Å². The van der Waals surface area contributed by atoms with Gasteiger partial charge in [-0.25, -0.2) is 4.98 Å². The Balaban J connectivity index is 1.68. The van der Waals surface area contributed by atoms with Gasteiger partial charge in [0, 0.05) is 6.54 Å². The molecule has 5 nitrogen and oxygen atoms in total. The first-order valence-electron chi connectivity index (χ1n) is 10.5. The first-order chi connectivity index (χ1) is 13.0. The van der Waals surface area contributed by atoms with E-state index in [9.17, 15) is 13.0 Å². The molecule has 1 aromatic carbocycles. The highest BCUT2D eigenvalue weighted by atomic mass is 32.2. The fourth-order valence-corrected chi connectivity index (χ4v) is 4.26. The second-order valence-electron chi connectivity index (χ2n) is 7.40. The summed E-state index contributed by atoms with van der Waals surface area (Å²) in [5, 5.41) is -0.244. The number of aryl methyl sites for hydroxylation is 1. The third-order valence-electron chi connectivity index (χ3n) is 5.09. The van der Waals surface area contributed by atoms with E-state index in [-0.39, 0.29) is 5.16 Å². The van der Waals surface area contributed by atoms with Crippen molar-refractivity contribution in [3.05, 3.63) is 24.3 Å². The Morgan fingerprint density at radius 1 is 0.852 bits per heavy atom. The summed E-state index contributed by atoms with van der Waals surface area (Å²) in [6.07, 6.45) is 15.1. The molecule has 1 N–H and O–H groups in total. The number of aromatic nitrogens is 2. The SMILES string of the molecule is CCCCCCCCCCCCCCn1c(S(=O)(=O)O)nc2ccccc21. The highest BCUT2D eigenvalue weighted by Crippen LogP contribution is 2.20. The van der Waals surface area contributed by atoms with Crippen LogP contribution in [0, 0.1) is 0 Å². The minimum atomic E-state index is -4.31. The zero-order valence-electron chi connectivity index (χ0n) is 16.6. The minimum absolute atomic E-state index is 0.244. The van der Waals surface area contributed by atoms with Gasteiger partial charge < -0.3 is 4.57 Å². The summed E-state index contributed by atoms with van der Waals surface area (Å²) in [4.78, 5) is 4.08. The van der Waals surface area contributed by atoms with Gasteiger partial charge in [0.1, 0.15) is 0 Å². The van der Waals surface area contributed by atoms with Crippen LogP contribution in [0.2, 0.25) is 0 Å². The molecule has 2 rings (SSSR count). The lowest BCUT2D eigenvalue weighted by Gasteiger charge is -2.07. The van der Waals surface area contributed by atoms with Gasteiger partial charge >= 0.3 is 10.1 Å². The van der Waals surface area contributed by atoms with Crippen LogP contribution in [-0.4, -0.2) is 22.5 Å². The molecule has 0 saturated heterocycles. The van der Waals surface area contributed by atoms with E-state index in [2.05, 4.69) is 11.9 Å². The average molecular weight is 395 g/mol. The fraction of sp³-hybridized carbons (Fsp3) is 0.667. The quantitative estimate of drug-likeness (QED) is 0.316. The Morgan fingerprint density at radius 3 is 1.93 bits per heavy atom. The average Bonchev–Trinajstić information content (AvgIpc) is 3.02. The van der Waals surface area contributed by atoms with E-state index < -0.39 is 10.1 Å². The topological polar surface area (TPSA) is 72.2 Å². The number of para-hydroxylation sites is 2. The highest BCUT2D eigenvalue weighted by molar-refractivity contribution is 7.85. The molecule has 0 atom stereocenters. The van der Waals surface area contributed by atoms with Gasteiger partial charge in [-0.2, -0.15) is 8.42 Å². The molecule has 0 radical (unpaired) electrons. The summed E-state index contributed by atoms with van der Waals surface area (Å²) in [5.74, 6) is 0. The third-order valence-corrected chi connectivity index (χ3v) is 5.86. The van der Waals surface area contributed by atoms with Crippen molar-refractivity contribution in [2.24, 2.45) is 0 Å². The molecule has 27 heavy (non-hydrogen) atoms. The van der Waals surface area contributed by atoms with Gasteiger partial charge in [0.25, 0.3) is 5.16 Å². The van der Waals surface area contributed by atoms with E-state index in [4.69, 9.17) is 0 Å². The highest BCUT2D eigenvalue weighted by Gasteiger charge is 2.20. The van der Waals surface area contributed by atoms with Gasteiger partial charge in [-0.1, -0.05) is 89.7 Å². The molecule has 0 aliphatic rings. The van der Waals surface area contributed by atoms with Crippen LogP contribution in [0.4, 0.5) is 0 Å². The molecule has 2 aromatic rings. The van der Waals surface area contributed by atoms with Crippen LogP contribution in [0.1, 0.15) is 84.0 Å². The van der Waals surface area contributed by atoms with E-state index in [1.807, 2.05) is 18.2 Å². The van der Waals surface area contributed by atoms with Gasteiger partial charge in [-0.3, -0.25) is 4.55 Å². The second kappa shape index (κ2) is 11.4. The molecule has 1 aromatic heterocycles. The standard InChI is InChI=1S/C21H34N2O3S/c1-2-3-4-5-6-7-8-9-10-11-12-15-18-23-20-17-14-13-16-19(20)22-21(23)27(24,25)26/h13-14,16-17H,2-12,15,18H2,1H3,(H,24,25,26). The lowest BCUT2D eigenvalue weighted by atomic mass is 10.1. The van der Waals surface area contributed by atoms with Gasteiger partial charge in [0.2, 0.25) is 0 Å². The lowest BCUT2D eigenvalue weighted by Crippen LogP contribution is -2.10. The summed E-state index contributed by atoms with van der Waals surface area (Å²) < 4.78 is 34.3. The normalized spacial score (nSPS) is 12.1. The van der Waals surface area contributed by atoms with Crippen molar-refractivity contribution in [1.82, 2.24) is 9.55 Å². The molecule has 6 heteroatoms. The Hall–Kier alpha value is -1.40.